The van der Waals surface area contributed by atoms with Crippen LogP contribution >= 0.6 is 0 Å². The molecule has 0 bridgehead atoms. The van der Waals surface area contributed by atoms with Crippen LogP contribution < -0.4 is 0 Å². The van der Waals surface area contributed by atoms with Crippen LogP contribution in [0.4, 0.5) is 0 Å². The van der Waals surface area contributed by atoms with Gasteiger partial charge in [-0.05, 0) is 27.7 Å². The van der Waals surface area contributed by atoms with Gasteiger partial charge in [0.05, 0.1) is 5.25 Å². The van der Waals surface area contributed by atoms with Crippen molar-refractivity contribution in [3.05, 3.63) is 0 Å². The first-order chi connectivity index (χ1) is 6.05. The quantitative estimate of drug-likeness (QED) is 0.726. The molecular weight excluding hydrogens is 200 g/mol. The van der Waals surface area contributed by atoms with Gasteiger partial charge in [-0.2, -0.15) is 0 Å². The molecule has 0 aliphatic carbocycles. The van der Waals surface area contributed by atoms with Crippen molar-refractivity contribution in [2.45, 2.75) is 51.5 Å². The maximum absolute atomic E-state index is 11.9. The minimum atomic E-state index is -3.37. The van der Waals surface area contributed by atoms with E-state index in [0.717, 1.165) is 0 Å². The van der Waals surface area contributed by atoms with Gasteiger partial charge >= 0.3 is 0 Å². The molecule has 84 valence electrons. The highest BCUT2D eigenvalue weighted by molar-refractivity contribution is 7.94. The molecule has 3 nitrogen and oxygen atoms in total. The first kappa shape index (κ1) is 13.6. The van der Waals surface area contributed by atoms with Gasteiger partial charge in [0.25, 0.3) is 0 Å². The Balaban J connectivity index is 5.27. The van der Waals surface area contributed by atoms with Gasteiger partial charge in [-0.25, -0.2) is 8.42 Å². The summed E-state index contributed by atoms with van der Waals surface area (Å²) >= 11 is 0. The Labute approximate surface area is 86.8 Å². The summed E-state index contributed by atoms with van der Waals surface area (Å²) in [7, 11) is -3.37. The highest BCUT2D eigenvalue weighted by Crippen LogP contribution is 2.25. The Kier molecular flexibility index (Phi) is 3.90. The Morgan fingerprint density at radius 2 is 1.43 bits per heavy atom. The van der Waals surface area contributed by atoms with E-state index < -0.39 is 19.8 Å². The monoisotopic (exact) mass is 220 g/mol. The Bertz CT molecular complexity index is 310. The molecule has 4 heteroatoms. The minimum absolute atomic E-state index is 0.216. The Morgan fingerprint density at radius 3 is 1.64 bits per heavy atom. The van der Waals surface area contributed by atoms with Gasteiger partial charge in [0, 0.05) is 5.92 Å². The lowest BCUT2D eigenvalue weighted by molar-refractivity contribution is -0.123. The van der Waals surface area contributed by atoms with E-state index in [1.807, 2.05) is 0 Å². The van der Waals surface area contributed by atoms with Gasteiger partial charge in [-0.15, -0.1) is 0 Å². The highest BCUT2D eigenvalue weighted by atomic mass is 32.2. The van der Waals surface area contributed by atoms with Gasteiger partial charge < -0.3 is 0 Å². The molecular formula is C10H20O3S. The molecule has 0 aromatic heterocycles. The van der Waals surface area contributed by atoms with Gasteiger partial charge in [0.2, 0.25) is 0 Å². The summed E-state index contributed by atoms with van der Waals surface area (Å²) in [6.07, 6.45) is 0. The number of sulfone groups is 1. The molecule has 0 heterocycles. The average molecular weight is 220 g/mol. The van der Waals surface area contributed by atoms with E-state index in [0.29, 0.717) is 0 Å². The number of hydrogen-bond acceptors (Lipinski definition) is 3. The summed E-state index contributed by atoms with van der Waals surface area (Å²) in [6.45, 7) is 9.63. The van der Waals surface area contributed by atoms with E-state index >= 15 is 0 Å². The van der Waals surface area contributed by atoms with Crippen molar-refractivity contribution in [3.63, 3.8) is 0 Å². The Hall–Kier alpha value is -0.380. The summed E-state index contributed by atoms with van der Waals surface area (Å²) in [6, 6.07) is 0. The van der Waals surface area contributed by atoms with Gasteiger partial charge in [0.15, 0.2) is 15.6 Å². The molecule has 0 N–H and O–H groups in total. The third-order valence-corrected chi connectivity index (χ3v) is 5.31. The largest absolute Gasteiger partial charge is 0.298 e. The zero-order valence-corrected chi connectivity index (χ0v) is 10.6. The highest BCUT2D eigenvalue weighted by Gasteiger charge is 2.43. The lowest BCUT2D eigenvalue weighted by Crippen LogP contribution is -2.46. The second-order valence-electron chi connectivity index (χ2n) is 4.62. The zero-order valence-electron chi connectivity index (χ0n) is 9.79. The number of carbonyl (C=O) groups is 1. The molecule has 14 heavy (non-hydrogen) atoms. The molecule has 0 aliphatic rings. The van der Waals surface area contributed by atoms with Gasteiger partial charge in [-0.1, -0.05) is 13.8 Å². The number of Topliss-reactive ketones (excluding diaryl/α,β-unsaturated/α-hetero) is 1. The summed E-state index contributed by atoms with van der Waals surface area (Å²) < 4.78 is 22.5. The predicted molar refractivity (Wildman–Crippen MR) is 58.0 cm³/mol. The lowest BCUT2D eigenvalue weighted by atomic mass is 9.98. The summed E-state index contributed by atoms with van der Waals surface area (Å²) in [5, 5.41) is -0.514. The first-order valence-corrected chi connectivity index (χ1v) is 6.37. The fourth-order valence-electron chi connectivity index (χ4n) is 1.42. The van der Waals surface area contributed by atoms with Gasteiger partial charge in [0.1, 0.15) is 4.75 Å². The molecule has 0 saturated heterocycles. The number of ketones is 1. The molecule has 0 saturated carbocycles. The normalized spacial score (nSPS) is 13.7. The van der Waals surface area contributed by atoms with Crippen LogP contribution in [0.25, 0.3) is 0 Å². The molecule has 0 amide bonds. The van der Waals surface area contributed by atoms with Crippen LogP contribution in [0.2, 0.25) is 0 Å². The molecule has 0 radical (unpaired) electrons. The smallest absolute Gasteiger partial charge is 0.164 e. The maximum atomic E-state index is 11.9. The van der Waals surface area contributed by atoms with Crippen molar-refractivity contribution < 1.29 is 13.2 Å². The van der Waals surface area contributed by atoms with E-state index in [2.05, 4.69) is 0 Å². The summed E-state index contributed by atoms with van der Waals surface area (Å²) in [4.78, 5) is 11.7. The van der Waals surface area contributed by atoms with Crippen molar-refractivity contribution in [3.8, 4) is 0 Å². The molecule has 0 atom stereocenters. The fourth-order valence-corrected chi connectivity index (χ4v) is 3.12. The van der Waals surface area contributed by atoms with Crippen molar-refractivity contribution in [2.24, 2.45) is 5.92 Å². The molecule has 0 spiro atoms. The van der Waals surface area contributed by atoms with E-state index in [4.69, 9.17) is 0 Å². The predicted octanol–water partition coefficient (Wildman–Crippen LogP) is 1.81. The number of hydrogen-bond donors (Lipinski definition) is 0. The topological polar surface area (TPSA) is 51.2 Å². The third kappa shape index (κ3) is 2.16. The summed E-state index contributed by atoms with van der Waals surface area (Å²) in [5.41, 5.74) is 0. The maximum Gasteiger partial charge on any atom is 0.164 e. The van der Waals surface area contributed by atoms with Crippen LogP contribution in [-0.4, -0.2) is 24.2 Å². The van der Waals surface area contributed by atoms with Crippen molar-refractivity contribution >= 4 is 15.6 Å². The molecule has 0 aromatic carbocycles. The first-order valence-electron chi connectivity index (χ1n) is 4.83. The molecule has 0 unspecified atom stereocenters. The number of rotatable bonds is 4. The molecule has 0 aromatic rings. The van der Waals surface area contributed by atoms with E-state index in [-0.39, 0.29) is 11.7 Å². The van der Waals surface area contributed by atoms with E-state index in [1.54, 1.807) is 27.7 Å². The van der Waals surface area contributed by atoms with Crippen molar-refractivity contribution in [1.29, 1.82) is 0 Å². The second-order valence-corrected chi connectivity index (χ2v) is 7.68. The lowest BCUT2D eigenvalue weighted by Gasteiger charge is -2.27. The molecule has 0 rings (SSSR count). The van der Waals surface area contributed by atoms with Crippen LogP contribution in [0.1, 0.15) is 41.5 Å². The van der Waals surface area contributed by atoms with Crippen LogP contribution in [-0.2, 0) is 14.6 Å². The van der Waals surface area contributed by atoms with Crippen LogP contribution in [0.5, 0.6) is 0 Å². The fraction of sp³-hybridized carbons (Fsp3) is 0.900. The number of carbonyl (C=O) groups excluding carboxylic acids is 1. The second kappa shape index (κ2) is 4.01. The van der Waals surface area contributed by atoms with Crippen LogP contribution in [0, 0.1) is 5.92 Å². The van der Waals surface area contributed by atoms with E-state index in [1.165, 1.54) is 13.8 Å². The van der Waals surface area contributed by atoms with Crippen molar-refractivity contribution in [1.82, 2.24) is 0 Å². The standard InChI is InChI=1S/C10H20O3S/c1-7(2)9(11)10(5,6)14(12,13)8(3)4/h7-8H,1-6H3. The Morgan fingerprint density at radius 1 is 1.07 bits per heavy atom. The molecule has 0 aliphatic heterocycles. The van der Waals surface area contributed by atoms with Crippen LogP contribution in [0.15, 0.2) is 0 Å². The average Bonchev–Trinajstić information content (AvgIpc) is 2.01. The minimum Gasteiger partial charge on any atom is -0.298 e. The van der Waals surface area contributed by atoms with Gasteiger partial charge in [-0.3, -0.25) is 4.79 Å². The summed E-state index contributed by atoms with van der Waals surface area (Å²) in [5.74, 6) is -0.468. The molecule has 0 fully saturated rings. The third-order valence-electron chi connectivity index (χ3n) is 2.45. The van der Waals surface area contributed by atoms with E-state index in [9.17, 15) is 13.2 Å². The SMILES string of the molecule is CC(C)C(=O)C(C)(C)S(=O)(=O)C(C)C. The zero-order chi connectivity index (χ0) is 11.7. The van der Waals surface area contributed by atoms with Crippen LogP contribution in [0.3, 0.4) is 0 Å². The van der Waals surface area contributed by atoms with Crippen molar-refractivity contribution in [2.75, 3.05) is 0 Å².